The summed E-state index contributed by atoms with van der Waals surface area (Å²) in [6, 6.07) is 8.29. The lowest BCUT2D eigenvalue weighted by molar-refractivity contribution is 0.135. The van der Waals surface area contributed by atoms with Crippen molar-refractivity contribution in [3.05, 3.63) is 57.7 Å². The van der Waals surface area contributed by atoms with Gasteiger partial charge in [0.2, 0.25) is 11.0 Å². The van der Waals surface area contributed by atoms with E-state index in [9.17, 15) is 8.78 Å². The zero-order chi connectivity index (χ0) is 21.5. The van der Waals surface area contributed by atoms with Crippen LogP contribution in [0, 0.1) is 0 Å². The smallest absolute Gasteiger partial charge is 0.299 e. The van der Waals surface area contributed by atoms with Crippen molar-refractivity contribution in [3.63, 3.8) is 0 Å². The summed E-state index contributed by atoms with van der Waals surface area (Å²) < 4.78 is 38.7. The molecule has 0 fully saturated rings. The molecule has 0 aliphatic heterocycles. The van der Waals surface area contributed by atoms with Gasteiger partial charge >= 0.3 is 0 Å². The molecule has 0 N–H and O–H groups in total. The summed E-state index contributed by atoms with van der Waals surface area (Å²) in [7, 11) is 0. The van der Waals surface area contributed by atoms with Gasteiger partial charge in [0, 0.05) is 11.8 Å². The van der Waals surface area contributed by atoms with Crippen LogP contribution in [0.1, 0.15) is 43.5 Å². The Morgan fingerprint density at radius 1 is 1.23 bits per heavy atom. The first kappa shape index (κ1) is 22.6. The van der Waals surface area contributed by atoms with E-state index < -0.39 is 12.2 Å². The molecule has 3 rings (SSSR count). The fraction of sp³-hybridized carbons (Fsp3) is 0.316. The average Bonchev–Trinajstić information content (AvgIpc) is 3.34. The van der Waals surface area contributed by atoms with Gasteiger partial charge in [0.15, 0.2) is 0 Å². The summed E-state index contributed by atoms with van der Waals surface area (Å²) in [6.07, 6.45) is 0.473. The van der Waals surface area contributed by atoms with E-state index in [4.69, 9.17) is 32.4 Å². The maximum atomic E-state index is 13.2. The Morgan fingerprint density at radius 3 is 2.80 bits per heavy atom. The number of nitrogens with zero attached hydrogens (tertiary/aromatic N) is 4. The molecule has 2 aromatic heterocycles. The molecular weight excluding hydrogens is 457 g/mol. The van der Waals surface area contributed by atoms with Gasteiger partial charge in [-0.05, 0) is 30.7 Å². The Kier molecular flexibility index (Phi) is 8.12. The molecule has 3 aromatic rings. The summed E-state index contributed by atoms with van der Waals surface area (Å²) >= 11 is 13.2. The van der Waals surface area contributed by atoms with E-state index in [1.807, 2.05) is 6.92 Å². The van der Waals surface area contributed by atoms with Crippen molar-refractivity contribution in [1.29, 1.82) is 0 Å². The number of aromatic nitrogens is 3. The molecule has 0 atom stereocenters. The van der Waals surface area contributed by atoms with Gasteiger partial charge in [0.25, 0.3) is 6.43 Å². The Hall–Kier alpha value is -2.10. The van der Waals surface area contributed by atoms with Crippen LogP contribution in [-0.4, -0.2) is 26.8 Å². The summed E-state index contributed by atoms with van der Waals surface area (Å²) in [5.41, 5.74) is 0. The Labute approximate surface area is 186 Å². The van der Waals surface area contributed by atoms with E-state index >= 15 is 0 Å². The fourth-order valence-corrected chi connectivity index (χ4v) is 3.56. The highest BCUT2D eigenvalue weighted by molar-refractivity contribution is 7.99. The number of thioether (sulfide) groups is 1. The number of halogens is 4. The average molecular weight is 475 g/mol. The maximum absolute atomic E-state index is 13.2. The minimum atomic E-state index is -2.79. The van der Waals surface area contributed by atoms with Crippen LogP contribution in [0.5, 0.6) is 5.75 Å². The minimum absolute atomic E-state index is 0.152. The lowest BCUT2D eigenvalue weighted by Gasteiger charge is -2.05. The second-order valence-electron chi connectivity index (χ2n) is 6.07. The molecule has 1 aromatic carbocycles. The number of benzene rings is 1. The molecule has 0 spiro atoms. The number of alkyl halides is 2. The highest BCUT2D eigenvalue weighted by atomic mass is 35.5. The lowest BCUT2D eigenvalue weighted by Crippen LogP contribution is -2.01. The van der Waals surface area contributed by atoms with Crippen LogP contribution in [0.3, 0.4) is 0 Å². The predicted molar refractivity (Wildman–Crippen MR) is 113 cm³/mol. The highest BCUT2D eigenvalue weighted by Crippen LogP contribution is 2.27. The molecule has 0 radical (unpaired) electrons. The first-order chi connectivity index (χ1) is 14.5. The molecule has 0 amide bonds. The Bertz CT molecular complexity index is 1010. The number of ether oxygens (including phenoxy) is 1. The molecular formula is C19H18Cl2F2N4O2S. The third-order valence-corrected chi connectivity index (χ3v) is 5.56. The van der Waals surface area contributed by atoms with Crippen LogP contribution >= 0.6 is 35.0 Å². The van der Waals surface area contributed by atoms with Crippen LogP contribution < -0.4 is 4.74 Å². The Morgan fingerprint density at radius 2 is 2.07 bits per heavy atom. The van der Waals surface area contributed by atoms with Gasteiger partial charge in [-0.25, -0.2) is 8.78 Å². The number of hydrogen-bond donors (Lipinski definition) is 0. The standard InChI is InChI=1S/C19H18Cl2F2N4O2S/c1-2-3-8-30-19-26-25-18(17(22)23)27(19)24-10-13-4-5-14(29-13)11-28-12-6-7-15(20)16(21)9-12/h4-7,9-10,17H,2-3,8,11H2,1H3/b24-10+. The third-order valence-electron chi connectivity index (χ3n) is 3.82. The monoisotopic (exact) mass is 474 g/mol. The molecule has 0 unspecified atom stereocenters. The summed E-state index contributed by atoms with van der Waals surface area (Å²) in [4.78, 5) is 0. The lowest BCUT2D eigenvalue weighted by atomic mass is 10.3. The first-order valence-electron chi connectivity index (χ1n) is 9.05. The highest BCUT2D eigenvalue weighted by Gasteiger charge is 2.20. The second kappa shape index (κ2) is 10.8. The molecule has 160 valence electrons. The molecule has 11 heteroatoms. The van der Waals surface area contributed by atoms with Crippen molar-refractivity contribution in [1.82, 2.24) is 14.9 Å². The van der Waals surface area contributed by atoms with E-state index in [0.717, 1.165) is 23.3 Å². The van der Waals surface area contributed by atoms with Crippen LogP contribution in [-0.2, 0) is 6.61 Å². The van der Waals surface area contributed by atoms with Crippen LogP contribution in [0.15, 0.2) is 45.0 Å². The Balaban J connectivity index is 1.67. The largest absolute Gasteiger partial charge is 0.486 e. The molecule has 0 aliphatic carbocycles. The zero-order valence-electron chi connectivity index (χ0n) is 15.9. The van der Waals surface area contributed by atoms with E-state index in [2.05, 4.69) is 15.3 Å². The van der Waals surface area contributed by atoms with E-state index in [1.165, 1.54) is 18.0 Å². The summed E-state index contributed by atoms with van der Waals surface area (Å²) in [5, 5.41) is 12.6. The zero-order valence-corrected chi connectivity index (χ0v) is 18.2. The molecule has 0 saturated carbocycles. The van der Waals surface area contributed by atoms with Crippen molar-refractivity contribution in [2.75, 3.05) is 5.75 Å². The topological polar surface area (TPSA) is 65.4 Å². The SMILES string of the molecule is CCCCSc1nnc(C(F)F)n1/N=C/c1ccc(COc2ccc(Cl)c(Cl)c2)o1. The van der Waals surface area contributed by atoms with Gasteiger partial charge in [0.1, 0.15) is 23.9 Å². The molecule has 0 saturated heterocycles. The van der Waals surface area contributed by atoms with E-state index in [-0.39, 0.29) is 6.61 Å². The van der Waals surface area contributed by atoms with Gasteiger partial charge < -0.3 is 9.15 Å². The van der Waals surface area contributed by atoms with Crippen LogP contribution in [0.25, 0.3) is 0 Å². The van der Waals surface area contributed by atoms with Crippen molar-refractivity contribution in [2.45, 2.75) is 38.0 Å². The molecule has 30 heavy (non-hydrogen) atoms. The van der Waals surface area contributed by atoms with Gasteiger partial charge in [-0.15, -0.1) is 10.2 Å². The quantitative estimate of drug-likeness (QED) is 0.191. The minimum Gasteiger partial charge on any atom is -0.486 e. The number of hydrogen-bond acceptors (Lipinski definition) is 6. The predicted octanol–water partition coefficient (Wildman–Crippen LogP) is 6.47. The van der Waals surface area contributed by atoms with Gasteiger partial charge in [0.05, 0.1) is 16.3 Å². The van der Waals surface area contributed by atoms with Gasteiger partial charge in [-0.3, -0.25) is 0 Å². The summed E-state index contributed by atoms with van der Waals surface area (Å²) in [6.45, 7) is 2.20. The van der Waals surface area contributed by atoms with Crippen molar-refractivity contribution in [2.24, 2.45) is 5.10 Å². The third kappa shape index (κ3) is 5.96. The summed E-state index contributed by atoms with van der Waals surface area (Å²) in [5.74, 6) is 1.67. The molecule has 2 heterocycles. The van der Waals surface area contributed by atoms with E-state index in [1.54, 1.807) is 30.3 Å². The van der Waals surface area contributed by atoms with Crippen molar-refractivity contribution < 1.29 is 17.9 Å². The van der Waals surface area contributed by atoms with Gasteiger partial charge in [-0.1, -0.05) is 48.3 Å². The van der Waals surface area contributed by atoms with Gasteiger partial charge in [-0.2, -0.15) is 9.78 Å². The molecule has 0 bridgehead atoms. The van der Waals surface area contributed by atoms with Crippen molar-refractivity contribution in [3.8, 4) is 5.75 Å². The van der Waals surface area contributed by atoms with Crippen molar-refractivity contribution >= 4 is 41.2 Å². The number of unbranched alkanes of at least 4 members (excludes halogenated alkanes) is 1. The maximum Gasteiger partial charge on any atom is 0.299 e. The second-order valence-corrected chi connectivity index (χ2v) is 7.94. The van der Waals surface area contributed by atoms with Crippen LogP contribution in [0.4, 0.5) is 8.78 Å². The normalized spacial score (nSPS) is 11.7. The van der Waals surface area contributed by atoms with Crippen LogP contribution in [0.2, 0.25) is 10.0 Å². The van der Waals surface area contributed by atoms with E-state index in [0.29, 0.717) is 32.5 Å². The fourth-order valence-electron chi connectivity index (χ4n) is 2.30. The molecule has 6 nitrogen and oxygen atoms in total. The first-order valence-corrected chi connectivity index (χ1v) is 10.8. The number of rotatable bonds is 10. The molecule has 0 aliphatic rings. The number of furan rings is 1.